The lowest BCUT2D eigenvalue weighted by molar-refractivity contribution is -0.143. The second-order valence-electron chi connectivity index (χ2n) is 9.22. The molecule has 0 bridgehead atoms. The number of nitrogens with zero attached hydrogens (tertiary/aromatic N) is 1. The maximum atomic E-state index is 13.4. The van der Waals surface area contributed by atoms with E-state index in [1.807, 2.05) is 49.4 Å². The first-order chi connectivity index (χ1) is 15.7. The number of halogens is 1. The van der Waals surface area contributed by atoms with Gasteiger partial charge < -0.3 is 15.0 Å². The van der Waals surface area contributed by atoms with Crippen LogP contribution in [0.1, 0.15) is 65.0 Å². The molecule has 180 valence electrons. The average molecular weight is 473 g/mol. The molecule has 0 heterocycles. The van der Waals surface area contributed by atoms with Crippen molar-refractivity contribution in [3.8, 4) is 5.75 Å². The molecule has 0 fully saturated rings. The van der Waals surface area contributed by atoms with E-state index in [-0.39, 0.29) is 30.4 Å². The smallest absolute Gasteiger partial charge is 0.261 e. The molecule has 2 rings (SSSR count). The Morgan fingerprint density at radius 3 is 2.36 bits per heavy atom. The first-order valence-electron chi connectivity index (χ1n) is 11.7. The SMILES string of the molecule is CCCCNC(=O)C(CC)N(Cc1ccccc1Cl)C(=O)COc1ccccc1C(C)(C)C. The molecule has 6 heteroatoms. The Balaban J connectivity index is 2.26. The van der Waals surface area contributed by atoms with Gasteiger partial charge in [0.05, 0.1) is 0 Å². The van der Waals surface area contributed by atoms with Crippen molar-refractivity contribution in [1.82, 2.24) is 10.2 Å². The van der Waals surface area contributed by atoms with Crippen molar-refractivity contribution in [2.24, 2.45) is 0 Å². The molecule has 1 N–H and O–H groups in total. The van der Waals surface area contributed by atoms with Gasteiger partial charge in [0.25, 0.3) is 5.91 Å². The maximum Gasteiger partial charge on any atom is 0.261 e. The van der Waals surface area contributed by atoms with E-state index in [2.05, 4.69) is 33.0 Å². The third-order valence-electron chi connectivity index (χ3n) is 5.56. The van der Waals surface area contributed by atoms with Crippen LogP contribution in [-0.4, -0.2) is 35.9 Å². The van der Waals surface area contributed by atoms with E-state index in [1.54, 1.807) is 11.0 Å². The van der Waals surface area contributed by atoms with Crippen molar-refractivity contribution in [2.75, 3.05) is 13.2 Å². The fourth-order valence-corrected chi connectivity index (χ4v) is 3.87. The second-order valence-corrected chi connectivity index (χ2v) is 9.62. The molecule has 0 aliphatic rings. The van der Waals surface area contributed by atoms with E-state index in [1.165, 1.54) is 0 Å². The Morgan fingerprint density at radius 2 is 1.73 bits per heavy atom. The van der Waals surface area contributed by atoms with Gasteiger partial charge in [-0.05, 0) is 41.5 Å². The molecule has 0 radical (unpaired) electrons. The van der Waals surface area contributed by atoms with Crippen LogP contribution >= 0.6 is 11.6 Å². The average Bonchev–Trinajstić information content (AvgIpc) is 2.78. The summed E-state index contributed by atoms with van der Waals surface area (Å²) in [5.74, 6) is 0.272. The minimum atomic E-state index is -0.605. The molecule has 0 saturated heterocycles. The Hall–Kier alpha value is -2.53. The van der Waals surface area contributed by atoms with Crippen LogP contribution < -0.4 is 10.1 Å². The molecule has 0 aliphatic heterocycles. The van der Waals surface area contributed by atoms with Crippen LogP contribution in [0.25, 0.3) is 0 Å². The lowest BCUT2D eigenvalue weighted by atomic mass is 9.86. The molecule has 1 unspecified atom stereocenters. The topological polar surface area (TPSA) is 58.6 Å². The van der Waals surface area contributed by atoms with Crippen molar-refractivity contribution in [2.45, 2.75) is 71.9 Å². The Kier molecular flexibility index (Phi) is 10.2. The van der Waals surface area contributed by atoms with Gasteiger partial charge in [-0.3, -0.25) is 9.59 Å². The number of hydrogen-bond donors (Lipinski definition) is 1. The predicted molar refractivity (Wildman–Crippen MR) is 135 cm³/mol. The number of benzene rings is 2. The van der Waals surface area contributed by atoms with Crippen molar-refractivity contribution in [3.05, 3.63) is 64.7 Å². The normalized spacial score (nSPS) is 12.2. The molecule has 0 aliphatic carbocycles. The minimum absolute atomic E-state index is 0.123. The number of hydrogen-bond acceptors (Lipinski definition) is 3. The Morgan fingerprint density at radius 1 is 1.06 bits per heavy atom. The van der Waals surface area contributed by atoms with Gasteiger partial charge in [-0.25, -0.2) is 0 Å². The molecule has 0 aromatic heterocycles. The molecule has 0 saturated carbocycles. The number of carbonyl (C=O) groups excluding carboxylic acids is 2. The van der Waals surface area contributed by atoms with E-state index < -0.39 is 6.04 Å². The van der Waals surface area contributed by atoms with Gasteiger partial charge >= 0.3 is 0 Å². The van der Waals surface area contributed by atoms with E-state index in [9.17, 15) is 9.59 Å². The van der Waals surface area contributed by atoms with Crippen molar-refractivity contribution >= 4 is 23.4 Å². The van der Waals surface area contributed by atoms with Crippen LogP contribution in [0.3, 0.4) is 0 Å². The van der Waals surface area contributed by atoms with Gasteiger partial charge in [0, 0.05) is 18.1 Å². The van der Waals surface area contributed by atoms with Gasteiger partial charge in [0.1, 0.15) is 11.8 Å². The largest absolute Gasteiger partial charge is 0.483 e. The molecule has 33 heavy (non-hydrogen) atoms. The van der Waals surface area contributed by atoms with Gasteiger partial charge in [0.2, 0.25) is 5.91 Å². The molecule has 1 atom stereocenters. The van der Waals surface area contributed by atoms with Crippen LogP contribution in [0.15, 0.2) is 48.5 Å². The third kappa shape index (κ3) is 7.78. The number of unbranched alkanes of at least 4 members (excludes halogenated alkanes) is 1. The van der Waals surface area contributed by atoms with E-state index in [0.29, 0.717) is 23.7 Å². The lowest BCUT2D eigenvalue weighted by Gasteiger charge is -2.31. The number of carbonyl (C=O) groups is 2. The molecular weight excluding hydrogens is 436 g/mol. The zero-order valence-electron chi connectivity index (χ0n) is 20.5. The van der Waals surface area contributed by atoms with Crippen molar-refractivity contribution < 1.29 is 14.3 Å². The summed E-state index contributed by atoms with van der Waals surface area (Å²) in [6.07, 6.45) is 2.38. The quantitative estimate of drug-likeness (QED) is 0.424. The summed E-state index contributed by atoms with van der Waals surface area (Å²) in [5, 5.41) is 3.53. The highest BCUT2D eigenvalue weighted by Crippen LogP contribution is 2.31. The second kappa shape index (κ2) is 12.6. The summed E-state index contributed by atoms with van der Waals surface area (Å²) in [6, 6.07) is 14.5. The van der Waals surface area contributed by atoms with E-state index >= 15 is 0 Å². The summed E-state index contributed by atoms with van der Waals surface area (Å²) < 4.78 is 5.99. The molecule has 2 aromatic rings. The van der Waals surface area contributed by atoms with Crippen molar-refractivity contribution in [1.29, 1.82) is 0 Å². The van der Waals surface area contributed by atoms with Gasteiger partial charge in [-0.15, -0.1) is 0 Å². The van der Waals surface area contributed by atoms with Crippen LogP contribution in [0, 0.1) is 0 Å². The number of ether oxygens (including phenoxy) is 1. The lowest BCUT2D eigenvalue weighted by Crippen LogP contribution is -2.50. The molecule has 0 spiro atoms. The van der Waals surface area contributed by atoms with Crippen LogP contribution in [0.5, 0.6) is 5.75 Å². The fraction of sp³-hybridized carbons (Fsp3) is 0.481. The zero-order valence-corrected chi connectivity index (χ0v) is 21.2. The van der Waals surface area contributed by atoms with E-state index in [4.69, 9.17) is 16.3 Å². The van der Waals surface area contributed by atoms with Gasteiger partial charge in [0.15, 0.2) is 6.61 Å². The van der Waals surface area contributed by atoms with Crippen LogP contribution in [-0.2, 0) is 21.5 Å². The first-order valence-corrected chi connectivity index (χ1v) is 12.1. The Labute approximate surface area is 203 Å². The summed E-state index contributed by atoms with van der Waals surface area (Å²) in [4.78, 5) is 27.9. The molecular formula is C27H37ClN2O3. The Bertz CT molecular complexity index is 924. The van der Waals surface area contributed by atoms with Crippen molar-refractivity contribution in [3.63, 3.8) is 0 Å². The maximum absolute atomic E-state index is 13.4. The molecule has 2 aromatic carbocycles. The highest BCUT2D eigenvalue weighted by molar-refractivity contribution is 6.31. The number of nitrogens with one attached hydrogen (secondary N) is 1. The number of para-hydroxylation sites is 1. The number of amides is 2. The standard InChI is InChI=1S/C27H37ClN2O3/c1-6-8-17-29-26(32)23(7-2)30(18-20-13-9-11-15-22(20)28)25(31)19-33-24-16-12-10-14-21(24)27(3,4)5/h9-16,23H,6-8,17-19H2,1-5H3,(H,29,32). The monoisotopic (exact) mass is 472 g/mol. The zero-order chi connectivity index (χ0) is 24.4. The summed E-state index contributed by atoms with van der Waals surface area (Å²) in [5.41, 5.74) is 1.70. The molecule has 2 amide bonds. The number of rotatable bonds is 11. The summed E-state index contributed by atoms with van der Waals surface area (Å²) in [6.45, 7) is 11.0. The fourth-order valence-electron chi connectivity index (χ4n) is 3.67. The highest BCUT2D eigenvalue weighted by atomic mass is 35.5. The van der Waals surface area contributed by atoms with Crippen LogP contribution in [0.4, 0.5) is 0 Å². The summed E-state index contributed by atoms with van der Waals surface area (Å²) >= 11 is 6.38. The summed E-state index contributed by atoms with van der Waals surface area (Å²) in [7, 11) is 0. The predicted octanol–water partition coefficient (Wildman–Crippen LogP) is 5.74. The van der Waals surface area contributed by atoms with Crippen LogP contribution in [0.2, 0.25) is 5.02 Å². The van der Waals surface area contributed by atoms with E-state index in [0.717, 1.165) is 24.0 Å². The highest BCUT2D eigenvalue weighted by Gasteiger charge is 2.29. The third-order valence-corrected chi connectivity index (χ3v) is 5.93. The minimum Gasteiger partial charge on any atom is -0.483 e. The molecule has 5 nitrogen and oxygen atoms in total. The first kappa shape index (κ1) is 26.7. The van der Waals surface area contributed by atoms with Gasteiger partial charge in [-0.1, -0.05) is 89.0 Å². The van der Waals surface area contributed by atoms with Gasteiger partial charge in [-0.2, -0.15) is 0 Å².